The van der Waals surface area contributed by atoms with Gasteiger partial charge in [0.15, 0.2) is 0 Å². The minimum atomic E-state index is -1.72. The minimum absolute atomic E-state index is 0.165. The molecule has 0 amide bonds. The number of piperidine rings is 1. The molecule has 5 heterocycles. The topological polar surface area (TPSA) is 62.3 Å². The molecule has 5 atom stereocenters. The number of ether oxygens (including phenoxy) is 2. The molecule has 3 aliphatic heterocycles. The van der Waals surface area contributed by atoms with Crippen molar-refractivity contribution in [3.8, 4) is 0 Å². The van der Waals surface area contributed by atoms with Gasteiger partial charge in [-0.25, -0.2) is 4.79 Å². The summed E-state index contributed by atoms with van der Waals surface area (Å²) < 4.78 is 11.5. The zero-order valence-electron chi connectivity index (χ0n) is 13.7. The molecule has 5 rings (SSSR count). The van der Waals surface area contributed by atoms with Gasteiger partial charge in [-0.1, -0.05) is 12.1 Å². The van der Waals surface area contributed by atoms with E-state index in [9.17, 15) is 9.90 Å². The number of nitrogens with zero attached hydrogens (tertiary/aromatic N) is 1. The van der Waals surface area contributed by atoms with Crippen molar-refractivity contribution in [3.05, 3.63) is 44.8 Å². The van der Waals surface area contributed by atoms with Gasteiger partial charge in [-0.3, -0.25) is 4.90 Å². The molecule has 2 aromatic heterocycles. The molecule has 0 aromatic carbocycles. The van der Waals surface area contributed by atoms with Gasteiger partial charge in [0, 0.05) is 24.9 Å². The van der Waals surface area contributed by atoms with Gasteiger partial charge in [0.2, 0.25) is 5.60 Å². The van der Waals surface area contributed by atoms with E-state index in [1.165, 1.54) is 22.7 Å². The summed E-state index contributed by atoms with van der Waals surface area (Å²) in [6.45, 7) is 0. The van der Waals surface area contributed by atoms with E-state index >= 15 is 0 Å². The standard InChI is InChI=1S/C18H19NO4S2/c1-19-11-8-10(9-12(19)16-15(11)23-16)22-17(20)18(21,13-4-2-6-24-13)14-5-3-7-25-14/h2-7,10-12,15-16,21H,8-9H2,1H3/t10-,11?,12?,15-,16?/m1/s1. The maximum Gasteiger partial charge on any atom is 0.349 e. The number of epoxide rings is 1. The number of esters is 1. The first-order chi connectivity index (χ1) is 12.1. The van der Waals surface area contributed by atoms with Crippen LogP contribution in [0.4, 0.5) is 0 Å². The summed E-state index contributed by atoms with van der Waals surface area (Å²) in [4.78, 5) is 16.6. The largest absolute Gasteiger partial charge is 0.460 e. The number of aliphatic hydroxyl groups is 1. The number of rotatable bonds is 4. The number of hydrogen-bond donors (Lipinski definition) is 1. The van der Waals surface area contributed by atoms with E-state index in [0.717, 1.165) is 12.8 Å². The Bertz CT molecular complexity index is 723. The van der Waals surface area contributed by atoms with Gasteiger partial charge in [-0.05, 0) is 29.9 Å². The first kappa shape index (κ1) is 16.0. The highest BCUT2D eigenvalue weighted by molar-refractivity contribution is 7.12. The van der Waals surface area contributed by atoms with Crippen molar-refractivity contribution in [2.24, 2.45) is 0 Å². The Morgan fingerprint density at radius 3 is 2.24 bits per heavy atom. The molecule has 3 saturated heterocycles. The highest BCUT2D eigenvalue weighted by Gasteiger charge is 2.63. The fourth-order valence-electron chi connectivity index (χ4n) is 4.32. The molecule has 0 spiro atoms. The van der Waals surface area contributed by atoms with Gasteiger partial charge in [0.1, 0.15) is 18.3 Å². The molecule has 3 unspecified atom stereocenters. The summed E-state index contributed by atoms with van der Waals surface area (Å²) in [5, 5.41) is 15.0. The summed E-state index contributed by atoms with van der Waals surface area (Å²) in [7, 11) is 2.12. The van der Waals surface area contributed by atoms with E-state index in [0.29, 0.717) is 34.0 Å². The lowest BCUT2D eigenvalue weighted by molar-refractivity contribution is -0.171. The highest BCUT2D eigenvalue weighted by atomic mass is 32.1. The summed E-state index contributed by atoms with van der Waals surface area (Å²) in [5.41, 5.74) is -1.72. The van der Waals surface area contributed by atoms with Gasteiger partial charge in [-0.15, -0.1) is 22.7 Å². The number of carbonyl (C=O) groups is 1. The quantitative estimate of drug-likeness (QED) is 0.654. The van der Waals surface area contributed by atoms with Crippen LogP contribution in [0.3, 0.4) is 0 Å². The molecule has 132 valence electrons. The second kappa shape index (κ2) is 5.62. The van der Waals surface area contributed by atoms with E-state index in [2.05, 4.69) is 11.9 Å². The predicted molar refractivity (Wildman–Crippen MR) is 94.8 cm³/mol. The Balaban J connectivity index is 1.39. The zero-order chi connectivity index (χ0) is 17.2. The lowest BCUT2D eigenvalue weighted by atomic mass is 9.97. The van der Waals surface area contributed by atoms with Crippen LogP contribution in [-0.4, -0.2) is 53.4 Å². The van der Waals surface area contributed by atoms with Crippen LogP contribution >= 0.6 is 22.7 Å². The van der Waals surface area contributed by atoms with Crippen molar-refractivity contribution in [2.75, 3.05) is 7.05 Å². The summed E-state index contributed by atoms with van der Waals surface area (Å²) >= 11 is 2.73. The van der Waals surface area contributed by atoms with Crippen LogP contribution < -0.4 is 0 Å². The molecule has 0 aliphatic carbocycles. The van der Waals surface area contributed by atoms with Crippen LogP contribution in [0.2, 0.25) is 0 Å². The van der Waals surface area contributed by atoms with E-state index in [1.54, 1.807) is 12.1 Å². The first-order valence-corrected chi connectivity index (χ1v) is 10.2. The molecule has 3 aliphatic rings. The third kappa shape index (κ3) is 2.34. The molecule has 0 saturated carbocycles. The van der Waals surface area contributed by atoms with Gasteiger partial charge >= 0.3 is 5.97 Å². The smallest absolute Gasteiger partial charge is 0.349 e. The van der Waals surface area contributed by atoms with Crippen LogP contribution in [0.1, 0.15) is 22.6 Å². The second-order valence-corrected chi connectivity index (χ2v) is 8.92. The number of carbonyl (C=O) groups excluding carboxylic acids is 1. The Morgan fingerprint density at radius 1 is 1.20 bits per heavy atom. The molecular formula is C18H19NO4S2. The predicted octanol–water partition coefficient (Wildman–Crippen LogP) is 2.20. The molecule has 0 radical (unpaired) electrons. The van der Waals surface area contributed by atoms with Crippen molar-refractivity contribution in [1.29, 1.82) is 0 Å². The Hall–Kier alpha value is -1.25. The molecule has 2 bridgehead atoms. The van der Waals surface area contributed by atoms with Crippen LogP contribution in [0.5, 0.6) is 0 Å². The zero-order valence-corrected chi connectivity index (χ0v) is 15.3. The summed E-state index contributed by atoms with van der Waals surface area (Å²) in [6.07, 6.45) is 1.97. The van der Waals surface area contributed by atoms with Crippen LogP contribution in [-0.2, 0) is 19.9 Å². The van der Waals surface area contributed by atoms with Crippen LogP contribution in [0.15, 0.2) is 35.0 Å². The summed E-state index contributed by atoms with van der Waals surface area (Å²) in [5.74, 6) is -0.569. The van der Waals surface area contributed by atoms with E-state index in [4.69, 9.17) is 9.47 Å². The molecule has 1 N–H and O–H groups in total. The third-order valence-corrected chi connectivity index (χ3v) is 7.66. The maximum absolute atomic E-state index is 13.0. The van der Waals surface area contributed by atoms with Crippen molar-refractivity contribution in [3.63, 3.8) is 0 Å². The number of morpholine rings is 1. The van der Waals surface area contributed by atoms with E-state index < -0.39 is 11.6 Å². The van der Waals surface area contributed by atoms with Crippen LogP contribution in [0, 0.1) is 0 Å². The van der Waals surface area contributed by atoms with Crippen molar-refractivity contribution < 1.29 is 19.4 Å². The minimum Gasteiger partial charge on any atom is -0.460 e. The maximum atomic E-state index is 13.0. The van der Waals surface area contributed by atoms with E-state index in [1.807, 2.05) is 22.9 Å². The Morgan fingerprint density at radius 2 is 1.76 bits per heavy atom. The first-order valence-electron chi connectivity index (χ1n) is 8.48. The number of thiophene rings is 2. The van der Waals surface area contributed by atoms with Crippen molar-refractivity contribution in [2.45, 2.75) is 48.8 Å². The number of fused-ring (bicyclic) bond motifs is 5. The van der Waals surface area contributed by atoms with Gasteiger partial charge in [0.25, 0.3) is 0 Å². The SMILES string of the molecule is CN1C2C[C@H](OC(=O)C(O)(c3cccs3)c3cccs3)CC1[C@H]1OC21. The lowest BCUT2D eigenvalue weighted by Crippen LogP contribution is -2.49. The van der Waals surface area contributed by atoms with Crippen LogP contribution in [0.25, 0.3) is 0 Å². The van der Waals surface area contributed by atoms with E-state index in [-0.39, 0.29) is 6.10 Å². The Labute approximate surface area is 153 Å². The molecule has 25 heavy (non-hydrogen) atoms. The average Bonchev–Trinajstić information content (AvgIpc) is 2.97. The summed E-state index contributed by atoms with van der Waals surface area (Å²) in [6, 6.07) is 7.88. The number of hydrogen-bond acceptors (Lipinski definition) is 7. The van der Waals surface area contributed by atoms with Gasteiger partial charge in [0.05, 0.1) is 9.75 Å². The lowest BCUT2D eigenvalue weighted by Gasteiger charge is -2.38. The third-order valence-electron chi connectivity index (χ3n) is 5.70. The van der Waals surface area contributed by atoms with Crippen molar-refractivity contribution >= 4 is 28.6 Å². The average molecular weight is 377 g/mol. The molecule has 2 aromatic rings. The molecule has 3 fully saturated rings. The normalized spacial score (nSPS) is 33.9. The molecular weight excluding hydrogens is 358 g/mol. The fourth-order valence-corrected chi connectivity index (χ4v) is 6.04. The highest BCUT2D eigenvalue weighted by Crippen LogP contribution is 2.48. The second-order valence-electron chi connectivity index (χ2n) is 7.03. The van der Waals surface area contributed by atoms with Gasteiger partial charge in [-0.2, -0.15) is 0 Å². The monoisotopic (exact) mass is 377 g/mol. The molecule has 5 nitrogen and oxygen atoms in total. The Kier molecular flexibility index (Phi) is 3.59. The number of likely N-dealkylation sites (N-methyl/N-ethyl adjacent to an activating group) is 1. The van der Waals surface area contributed by atoms with Gasteiger partial charge < -0.3 is 14.6 Å². The van der Waals surface area contributed by atoms with Crippen molar-refractivity contribution in [1.82, 2.24) is 4.90 Å². The fraction of sp³-hybridized carbons (Fsp3) is 0.500. The molecule has 7 heteroatoms.